The van der Waals surface area contributed by atoms with Crippen LogP contribution in [0.1, 0.15) is 31.7 Å². The number of rotatable bonds is 2. The van der Waals surface area contributed by atoms with Crippen LogP contribution in [0.3, 0.4) is 0 Å². The van der Waals surface area contributed by atoms with Crippen molar-refractivity contribution in [1.29, 1.82) is 0 Å². The van der Waals surface area contributed by atoms with Crippen molar-refractivity contribution in [2.24, 2.45) is 5.92 Å². The summed E-state index contributed by atoms with van der Waals surface area (Å²) in [5.41, 5.74) is 0. The fourth-order valence-electron chi connectivity index (χ4n) is 2.15. The van der Waals surface area contributed by atoms with Crippen molar-refractivity contribution >= 4 is 0 Å². The van der Waals surface area contributed by atoms with E-state index in [0.29, 0.717) is 23.5 Å². The molecule has 17 heavy (non-hydrogen) atoms. The van der Waals surface area contributed by atoms with Crippen LogP contribution in [0.15, 0.2) is 10.9 Å². The number of aromatic nitrogens is 5. The quantitative estimate of drug-likeness (QED) is 0.802. The second-order valence-corrected chi connectivity index (χ2v) is 4.34. The zero-order chi connectivity index (χ0) is 11.7. The Labute approximate surface area is 98.0 Å². The summed E-state index contributed by atoms with van der Waals surface area (Å²) in [7, 11) is 0. The summed E-state index contributed by atoms with van der Waals surface area (Å²) < 4.78 is 5.29. The molecule has 2 atom stereocenters. The summed E-state index contributed by atoms with van der Waals surface area (Å²) in [5.74, 6) is 2.12. The molecule has 7 nitrogen and oxygen atoms in total. The average molecular weight is 234 g/mol. The topological polar surface area (TPSA) is 92.5 Å². The predicted octanol–water partition coefficient (Wildman–Crippen LogP) is 0.915. The van der Waals surface area contributed by atoms with Crippen molar-refractivity contribution in [2.45, 2.75) is 25.8 Å². The summed E-state index contributed by atoms with van der Waals surface area (Å²) >= 11 is 0. The summed E-state index contributed by atoms with van der Waals surface area (Å²) in [6.45, 7) is 3.18. The van der Waals surface area contributed by atoms with Crippen molar-refractivity contribution in [2.75, 3.05) is 6.54 Å². The molecule has 0 aromatic carbocycles. The molecule has 90 valence electrons. The van der Waals surface area contributed by atoms with E-state index in [-0.39, 0.29) is 6.04 Å². The lowest BCUT2D eigenvalue weighted by Crippen LogP contribution is -2.33. The van der Waals surface area contributed by atoms with E-state index in [1.165, 1.54) is 19.2 Å². The van der Waals surface area contributed by atoms with E-state index in [1.54, 1.807) is 0 Å². The molecule has 2 aromatic heterocycles. The van der Waals surface area contributed by atoms with Crippen LogP contribution in [-0.2, 0) is 0 Å². The zero-order valence-electron chi connectivity index (χ0n) is 9.55. The third kappa shape index (κ3) is 1.93. The standard InChI is InChI=1S/C10H14N6O/c1-6-3-2-4-11-7(6)10-14-9(16-17-10)8-12-5-13-15-8/h5-7,11H,2-4H2,1H3,(H,12,13,15). The van der Waals surface area contributed by atoms with Crippen LogP contribution in [0.25, 0.3) is 11.6 Å². The van der Waals surface area contributed by atoms with E-state index in [1.807, 2.05) is 0 Å². The molecule has 1 aliphatic heterocycles. The molecule has 0 amide bonds. The first-order chi connectivity index (χ1) is 8.34. The van der Waals surface area contributed by atoms with Crippen molar-refractivity contribution < 1.29 is 4.52 Å². The number of aromatic amines is 1. The first-order valence-corrected chi connectivity index (χ1v) is 5.77. The lowest BCUT2D eigenvalue weighted by Gasteiger charge is -2.26. The van der Waals surface area contributed by atoms with Gasteiger partial charge in [-0.05, 0) is 25.3 Å². The number of nitrogens with zero attached hydrogens (tertiary/aromatic N) is 4. The second kappa shape index (κ2) is 4.25. The summed E-state index contributed by atoms with van der Waals surface area (Å²) in [6, 6.07) is 0.146. The number of piperidine rings is 1. The van der Waals surface area contributed by atoms with Gasteiger partial charge in [0.25, 0.3) is 0 Å². The van der Waals surface area contributed by atoms with Gasteiger partial charge in [0.05, 0.1) is 6.04 Å². The van der Waals surface area contributed by atoms with E-state index >= 15 is 0 Å². The lowest BCUT2D eigenvalue weighted by atomic mass is 9.93. The van der Waals surface area contributed by atoms with E-state index in [4.69, 9.17) is 4.52 Å². The average Bonchev–Trinajstić information content (AvgIpc) is 3.00. The maximum atomic E-state index is 5.29. The molecule has 7 heteroatoms. The van der Waals surface area contributed by atoms with Crippen LogP contribution >= 0.6 is 0 Å². The molecular formula is C10H14N6O. The smallest absolute Gasteiger partial charge is 0.244 e. The number of H-pyrrole nitrogens is 1. The Morgan fingerprint density at radius 1 is 1.47 bits per heavy atom. The highest BCUT2D eigenvalue weighted by molar-refractivity contribution is 5.39. The largest absolute Gasteiger partial charge is 0.337 e. The zero-order valence-corrected chi connectivity index (χ0v) is 9.55. The van der Waals surface area contributed by atoms with Crippen LogP contribution in [0.4, 0.5) is 0 Å². The van der Waals surface area contributed by atoms with Gasteiger partial charge in [0, 0.05) is 0 Å². The van der Waals surface area contributed by atoms with Gasteiger partial charge in [-0.2, -0.15) is 10.1 Å². The first-order valence-electron chi connectivity index (χ1n) is 5.77. The van der Waals surface area contributed by atoms with Crippen molar-refractivity contribution in [3.05, 3.63) is 12.2 Å². The van der Waals surface area contributed by atoms with Gasteiger partial charge in [-0.3, -0.25) is 5.10 Å². The molecule has 0 radical (unpaired) electrons. The van der Waals surface area contributed by atoms with Gasteiger partial charge in [0.15, 0.2) is 5.82 Å². The van der Waals surface area contributed by atoms with Gasteiger partial charge in [0.2, 0.25) is 11.7 Å². The SMILES string of the molecule is CC1CCCNC1c1nc(-c2ncn[nH]2)no1. The monoisotopic (exact) mass is 234 g/mol. The van der Waals surface area contributed by atoms with Gasteiger partial charge < -0.3 is 9.84 Å². The molecule has 2 unspecified atom stereocenters. The highest BCUT2D eigenvalue weighted by Crippen LogP contribution is 2.28. The molecular weight excluding hydrogens is 220 g/mol. The first kappa shape index (κ1) is 10.4. The van der Waals surface area contributed by atoms with Crippen LogP contribution in [0, 0.1) is 5.92 Å². The second-order valence-electron chi connectivity index (χ2n) is 4.34. The van der Waals surface area contributed by atoms with Gasteiger partial charge in [-0.25, -0.2) is 4.98 Å². The Morgan fingerprint density at radius 3 is 3.18 bits per heavy atom. The molecule has 3 rings (SSSR count). The molecule has 1 aliphatic rings. The fraction of sp³-hybridized carbons (Fsp3) is 0.600. The van der Waals surface area contributed by atoms with E-state index < -0.39 is 0 Å². The molecule has 2 aromatic rings. The fourth-order valence-corrected chi connectivity index (χ4v) is 2.15. The normalized spacial score (nSPS) is 25.0. The predicted molar refractivity (Wildman–Crippen MR) is 58.8 cm³/mol. The van der Waals surface area contributed by atoms with Crippen LogP contribution in [0.5, 0.6) is 0 Å². The maximum absolute atomic E-state index is 5.29. The maximum Gasteiger partial charge on any atom is 0.244 e. The van der Waals surface area contributed by atoms with Gasteiger partial charge in [0.1, 0.15) is 6.33 Å². The lowest BCUT2D eigenvalue weighted by molar-refractivity contribution is 0.239. The third-order valence-electron chi connectivity index (χ3n) is 3.10. The van der Waals surface area contributed by atoms with Crippen molar-refractivity contribution in [3.8, 4) is 11.6 Å². The Kier molecular flexibility index (Phi) is 2.60. The minimum atomic E-state index is 0.146. The van der Waals surface area contributed by atoms with Crippen molar-refractivity contribution in [1.82, 2.24) is 30.6 Å². The molecule has 2 N–H and O–H groups in total. The Morgan fingerprint density at radius 2 is 2.41 bits per heavy atom. The molecule has 0 saturated carbocycles. The summed E-state index contributed by atoms with van der Waals surface area (Å²) in [6.07, 6.45) is 3.80. The summed E-state index contributed by atoms with van der Waals surface area (Å²) in [5, 5.41) is 13.8. The van der Waals surface area contributed by atoms with Crippen LogP contribution < -0.4 is 5.32 Å². The van der Waals surface area contributed by atoms with Crippen LogP contribution in [0.2, 0.25) is 0 Å². The number of hydrogen-bond acceptors (Lipinski definition) is 6. The highest BCUT2D eigenvalue weighted by atomic mass is 16.5. The number of nitrogens with one attached hydrogen (secondary N) is 2. The van der Waals surface area contributed by atoms with Crippen molar-refractivity contribution in [3.63, 3.8) is 0 Å². The van der Waals surface area contributed by atoms with Gasteiger partial charge in [-0.15, -0.1) is 0 Å². The highest BCUT2D eigenvalue weighted by Gasteiger charge is 2.27. The molecule has 1 saturated heterocycles. The van der Waals surface area contributed by atoms with Gasteiger partial charge >= 0.3 is 0 Å². The molecule has 0 spiro atoms. The Hall–Kier alpha value is -1.76. The molecule has 0 aliphatic carbocycles. The summed E-state index contributed by atoms with van der Waals surface area (Å²) in [4.78, 5) is 8.34. The molecule has 1 fully saturated rings. The van der Waals surface area contributed by atoms with E-state index in [9.17, 15) is 0 Å². The third-order valence-corrected chi connectivity index (χ3v) is 3.10. The van der Waals surface area contributed by atoms with E-state index in [0.717, 1.165) is 6.54 Å². The van der Waals surface area contributed by atoms with Gasteiger partial charge in [-0.1, -0.05) is 12.1 Å². The number of hydrogen-bond donors (Lipinski definition) is 2. The molecule has 3 heterocycles. The van der Waals surface area contributed by atoms with E-state index in [2.05, 4.69) is 37.6 Å². The Balaban J connectivity index is 1.84. The van der Waals surface area contributed by atoms with Crippen LogP contribution in [-0.4, -0.2) is 31.9 Å². The minimum Gasteiger partial charge on any atom is -0.337 e. The Bertz CT molecular complexity index is 479. The minimum absolute atomic E-state index is 0.146. The molecule has 0 bridgehead atoms.